The molecule has 0 aromatic heterocycles. The average Bonchev–Trinajstić information content (AvgIpc) is 2.47. The number of carbonyl (C=O) groups excluding carboxylic acids is 2. The number of piperazine rings is 1. The van der Waals surface area contributed by atoms with E-state index >= 15 is 0 Å². The van der Waals surface area contributed by atoms with Gasteiger partial charge in [-0.25, -0.2) is 0 Å². The van der Waals surface area contributed by atoms with Crippen molar-refractivity contribution in [3.8, 4) is 0 Å². The number of amides is 2. The number of thiocarbonyl (C=S) groups is 1. The van der Waals surface area contributed by atoms with Crippen LogP contribution in [-0.4, -0.2) is 73.9 Å². The molecule has 2 fully saturated rings. The Morgan fingerprint density at radius 3 is 2.86 bits per heavy atom. The quantitative estimate of drug-likeness (QED) is 0.279. The summed E-state index contributed by atoms with van der Waals surface area (Å²) in [4.78, 5) is 31.2. The van der Waals surface area contributed by atoms with Gasteiger partial charge in [-0.15, -0.1) is 0 Å². The van der Waals surface area contributed by atoms with Crippen molar-refractivity contribution >= 4 is 35.4 Å². The largest absolute Gasteiger partial charge is 0.337 e. The maximum absolute atomic E-state index is 12.2. The third-order valence-corrected chi connectivity index (χ3v) is 4.18. The summed E-state index contributed by atoms with van der Waals surface area (Å²) < 4.78 is 0. The summed E-state index contributed by atoms with van der Waals surface area (Å²) in [7, 11) is 0. The SMILES string of the molecule is CCN1C(=O)[C@@H](C=NCC[NH+]2CC[NH2+]CC2)C(=O)NC1=S. The molecule has 0 aromatic carbocycles. The van der Waals surface area contributed by atoms with E-state index in [1.807, 2.05) is 6.92 Å². The van der Waals surface area contributed by atoms with Crippen LogP contribution in [0.2, 0.25) is 0 Å². The molecule has 2 amide bonds. The number of hydrogen-bond donors (Lipinski definition) is 3. The van der Waals surface area contributed by atoms with E-state index in [9.17, 15) is 9.59 Å². The Hall–Kier alpha value is -1.38. The molecule has 0 bridgehead atoms. The molecule has 0 radical (unpaired) electrons. The Kier molecular flexibility index (Phi) is 5.77. The molecule has 7 nitrogen and oxygen atoms in total. The van der Waals surface area contributed by atoms with E-state index in [1.54, 1.807) is 0 Å². The maximum atomic E-state index is 12.2. The fourth-order valence-electron chi connectivity index (χ4n) is 2.60. The molecule has 0 spiro atoms. The van der Waals surface area contributed by atoms with Crippen molar-refractivity contribution < 1.29 is 19.8 Å². The molecule has 21 heavy (non-hydrogen) atoms. The van der Waals surface area contributed by atoms with E-state index in [-0.39, 0.29) is 16.9 Å². The molecule has 1 atom stereocenters. The Labute approximate surface area is 129 Å². The standard InChI is InChI=1S/C13H21N5O2S/c1-2-18-12(20)10(11(19)16-13(18)21)9-15-5-8-17-6-3-14-4-7-17/h9-10,14H,2-8H2,1H3,(H,16,19,21)/p+2/t10-/m0/s1. The molecule has 2 saturated heterocycles. The lowest BCUT2D eigenvalue weighted by molar-refractivity contribution is -0.945. The maximum Gasteiger partial charge on any atom is 0.246 e. The van der Waals surface area contributed by atoms with Gasteiger partial charge in [0.05, 0.1) is 13.1 Å². The number of nitrogens with one attached hydrogen (secondary N) is 2. The molecule has 8 heteroatoms. The molecule has 2 aliphatic rings. The van der Waals surface area contributed by atoms with Crippen LogP contribution in [0.3, 0.4) is 0 Å². The van der Waals surface area contributed by atoms with E-state index < -0.39 is 5.92 Å². The minimum Gasteiger partial charge on any atom is -0.337 e. The summed E-state index contributed by atoms with van der Waals surface area (Å²) in [6, 6.07) is 0. The number of nitrogens with two attached hydrogens (primary N) is 1. The summed E-state index contributed by atoms with van der Waals surface area (Å²) >= 11 is 4.98. The third kappa shape index (κ3) is 4.05. The van der Waals surface area contributed by atoms with Gasteiger partial charge < -0.3 is 15.5 Å². The van der Waals surface area contributed by atoms with Gasteiger partial charge in [0.2, 0.25) is 11.8 Å². The monoisotopic (exact) mass is 313 g/mol. The van der Waals surface area contributed by atoms with Crippen LogP contribution in [0.15, 0.2) is 4.99 Å². The molecule has 2 rings (SSSR count). The molecule has 116 valence electrons. The van der Waals surface area contributed by atoms with E-state index in [0.717, 1.165) is 32.7 Å². The van der Waals surface area contributed by atoms with Gasteiger partial charge in [0, 0.05) is 12.8 Å². The van der Waals surface area contributed by atoms with Gasteiger partial charge >= 0.3 is 0 Å². The fourth-order valence-corrected chi connectivity index (χ4v) is 2.92. The number of rotatable bonds is 5. The third-order valence-electron chi connectivity index (χ3n) is 3.86. The van der Waals surface area contributed by atoms with Crippen molar-refractivity contribution in [1.29, 1.82) is 0 Å². The summed E-state index contributed by atoms with van der Waals surface area (Å²) in [6.45, 7) is 8.48. The Balaban J connectivity index is 1.85. The Morgan fingerprint density at radius 2 is 2.19 bits per heavy atom. The van der Waals surface area contributed by atoms with E-state index in [0.29, 0.717) is 13.1 Å². The zero-order chi connectivity index (χ0) is 15.2. The summed E-state index contributed by atoms with van der Waals surface area (Å²) in [6.07, 6.45) is 1.47. The van der Waals surface area contributed by atoms with Crippen LogP contribution >= 0.6 is 12.2 Å². The summed E-state index contributed by atoms with van der Waals surface area (Å²) in [5, 5.41) is 5.05. The summed E-state index contributed by atoms with van der Waals surface area (Å²) in [5.74, 6) is -1.50. The highest BCUT2D eigenvalue weighted by Gasteiger charge is 2.36. The van der Waals surface area contributed by atoms with Crippen molar-refractivity contribution in [3.63, 3.8) is 0 Å². The van der Waals surface area contributed by atoms with Gasteiger partial charge in [0.25, 0.3) is 0 Å². The topological polar surface area (TPSA) is 82.8 Å². The minimum atomic E-state index is -0.846. The average molecular weight is 313 g/mol. The summed E-state index contributed by atoms with van der Waals surface area (Å²) in [5.41, 5.74) is 0. The number of aliphatic imine (C=N–C) groups is 1. The van der Waals surface area contributed by atoms with Crippen LogP contribution in [0.1, 0.15) is 6.92 Å². The number of nitrogens with zero attached hydrogens (tertiary/aromatic N) is 2. The van der Waals surface area contributed by atoms with Gasteiger partial charge in [-0.3, -0.25) is 19.5 Å². The van der Waals surface area contributed by atoms with E-state index in [2.05, 4.69) is 15.6 Å². The molecule has 0 aliphatic carbocycles. The second-order valence-electron chi connectivity index (χ2n) is 5.28. The zero-order valence-electron chi connectivity index (χ0n) is 12.3. The van der Waals surface area contributed by atoms with Crippen molar-refractivity contribution in [2.75, 3.05) is 45.8 Å². The van der Waals surface area contributed by atoms with Gasteiger partial charge in [0.15, 0.2) is 11.0 Å². The lowest BCUT2D eigenvalue weighted by Crippen LogP contribution is -3.20. The van der Waals surface area contributed by atoms with Crippen molar-refractivity contribution in [2.24, 2.45) is 10.9 Å². The molecule has 2 heterocycles. The van der Waals surface area contributed by atoms with E-state index in [1.165, 1.54) is 16.0 Å². The normalized spacial score (nSPS) is 24.7. The molecule has 0 unspecified atom stereocenters. The highest BCUT2D eigenvalue weighted by atomic mass is 32.1. The van der Waals surface area contributed by atoms with E-state index in [4.69, 9.17) is 12.2 Å². The van der Waals surface area contributed by atoms with Crippen LogP contribution in [0.4, 0.5) is 0 Å². The predicted octanol–water partition coefficient (Wildman–Crippen LogP) is -3.60. The van der Waals surface area contributed by atoms with Crippen LogP contribution in [0, 0.1) is 5.92 Å². The van der Waals surface area contributed by atoms with Crippen molar-refractivity contribution in [2.45, 2.75) is 6.92 Å². The van der Waals surface area contributed by atoms with Crippen LogP contribution in [0.25, 0.3) is 0 Å². The number of quaternary nitrogens is 2. The molecular formula is C13H23N5O2S+2. The second kappa shape index (κ2) is 7.58. The highest BCUT2D eigenvalue weighted by Crippen LogP contribution is 2.08. The lowest BCUT2D eigenvalue weighted by Gasteiger charge is -2.29. The second-order valence-corrected chi connectivity index (χ2v) is 5.66. The smallest absolute Gasteiger partial charge is 0.246 e. The highest BCUT2D eigenvalue weighted by molar-refractivity contribution is 7.80. The Bertz CT molecular complexity index is 448. The first kappa shape index (κ1) is 16.0. The van der Waals surface area contributed by atoms with Crippen molar-refractivity contribution in [3.05, 3.63) is 0 Å². The molecule has 0 aromatic rings. The Morgan fingerprint density at radius 1 is 1.48 bits per heavy atom. The first-order valence-corrected chi connectivity index (χ1v) is 7.85. The minimum absolute atomic E-state index is 0.186. The lowest BCUT2D eigenvalue weighted by atomic mass is 10.1. The number of carbonyl (C=O) groups is 2. The molecule has 2 aliphatic heterocycles. The molecule has 4 N–H and O–H groups in total. The first-order valence-electron chi connectivity index (χ1n) is 7.45. The number of hydrogen-bond acceptors (Lipinski definition) is 4. The van der Waals surface area contributed by atoms with Gasteiger partial charge in [0.1, 0.15) is 26.2 Å². The van der Waals surface area contributed by atoms with Crippen LogP contribution < -0.4 is 15.5 Å². The molecular weight excluding hydrogens is 290 g/mol. The van der Waals surface area contributed by atoms with Gasteiger partial charge in [-0.1, -0.05) is 0 Å². The van der Waals surface area contributed by atoms with Gasteiger partial charge in [-0.05, 0) is 19.1 Å². The zero-order valence-corrected chi connectivity index (χ0v) is 13.1. The predicted molar refractivity (Wildman–Crippen MR) is 82.2 cm³/mol. The van der Waals surface area contributed by atoms with Crippen LogP contribution in [0.5, 0.6) is 0 Å². The molecule has 0 saturated carbocycles. The fraction of sp³-hybridized carbons (Fsp3) is 0.692. The van der Waals surface area contributed by atoms with Gasteiger partial charge in [-0.2, -0.15) is 0 Å². The first-order chi connectivity index (χ1) is 10.1. The van der Waals surface area contributed by atoms with Crippen molar-refractivity contribution in [1.82, 2.24) is 10.2 Å². The van der Waals surface area contributed by atoms with Crippen LogP contribution in [-0.2, 0) is 9.59 Å².